The molecular weight excluding hydrogens is 380 g/mol. The van der Waals surface area contributed by atoms with E-state index < -0.39 is 0 Å². The topological polar surface area (TPSA) is 89.9 Å². The molecule has 2 saturated carbocycles. The van der Waals surface area contributed by atoms with Crippen LogP contribution < -0.4 is 0 Å². The second kappa shape index (κ2) is 6.75. The van der Waals surface area contributed by atoms with Gasteiger partial charge in [-0.15, -0.1) is 5.10 Å². The molecule has 3 heterocycles. The van der Waals surface area contributed by atoms with Gasteiger partial charge in [0.2, 0.25) is 5.91 Å². The van der Waals surface area contributed by atoms with E-state index in [9.17, 15) is 4.79 Å². The molecule has 3 aromatic rings. The molecule has 3 aliphatic rings. The standard InChI is InChI=1S/C22H24N6O2/c29-21(22(10-11-22)16-5-2-1-3-6-16)27-12-4-7-17(13-27)28-14-18(24-26-28)20-23-19(25-30-20)15-8-9-15/h1-3,5-6,14-15,17H,4,7-13H2. The predicted octanol–water partition coefficient (Wildman–Crippen LogP) is 3.10. The Morgan fingerprint density at radius 3 is 2.73 bits per heavy atom. The maximum atomic E-state index is 13.4. The highest BCUT2D eigenvalue weighted by Crippen LogP contribution is 2.50. The van der Waals surface area contributed by atoms with Gasteiger partial charge in [0.05, 0.1) is 17.7 Å². The third-order valence-corrected chi connectivity index (χ3v) is 6.66. The first-order valence-electron chi connectivity index (χ1n) is 10.8. The first-order valence-corrected chi connectivity index (χ1v) is 10.8. The Balaban J connectivity index is 1.18. The van der Waals surface area contributed by atoms with Gasteiger partial charge in [0.15, 0.2) is 11.5 Å². The molecule has 30 heavy (non-hydrogen) atoms. The zero-order valence-corrected chi connectivity index (χ0v) is 16.8. The van der Waals surface area contributed by atoms with Crippen LogP contribution in [-0.4, -0.2) is 49.0 Å². The predicted molar refractivity (Wildman–Crippen MR) is 107 cm³/mol. The van der Waals surface area contributed by atoms with Gasteiger partial charge in [-0.2, -0.15) is 4.98 Å². The molecule has 154 valence electrons. The summed E-state index contributed by atoms with van der Waals surface area (Å²) in [5.41, 5.74) is 1.42. The van der Waals surface area contributed by atoms with Gasteiger partial charge in [0, 0.05) is 19.0 Å². The van der Waals surface area contributed by atoms with Crippen LogP contribution in [0.4, 0.5) is 0 Å². The molecule has 0 N–H and O–H groups in total. The average Bonchev–Trinajstić information content (AvgIpc) is 3.71. The Bertz CT molecular complexity index is 1070. The number of aromatic nitrogens is 5. The van der Waals surface area contributed by atoms with E-state index in [4.69, 9.17) is 4.52 Å². The number of nitrogens with zero attached hydrogens (tertiary/aromatic N) is 6. The van der Waals surface area contributed by atoms with Crippen LogP contribution in [0.1, 0.15) is 61.9 Å². The van der Waals surface area contributed by atoms with E-state index in [-0.39, 0.29) is 17.4 Å². The lowest BCUT2D eigenvalue weighted by atomic mass is 9.93. The lowest BCUT2D eigenvalue weighted by molar-refractivity contribution is -0.135. The maximum absolute atomic E-state index is 13.4. The Kier molecular flexibility index (Phi) is 4.01. The first-order chi connectivity index (χ1) is 14.7. The molecule has 0 radical (unpaired) electrons. The van der Waals surface area contributed by atoms with E-state index >= 15 is 0 Å². The molecule has 1 aromatic carbocycles. The molecule has 0 bridgehead atoms. The van der Waals surface area contributed by atoms with Crippen molar-refractivity contribution in [2.75, 3.05) is 13.1 Å². The number of hydrogen-bond acceptors (Lipinski definition) is 6. The van der Waals surface area contributed by atoms with Crippen molar-refractivity contribution >= 4 is 5.91 Å². The van der Waals surface area contributed by atoms with E-state index in [1.807, 2.05) is 34.0 Å². The van der Waals surface area contributed by atoms with Crippen molar-refractivity contribution in [1.29, 1.82) is 0 Å². The zero-order valence-electron chi connectivity index (χ0n) is 16.8. The number of benzene rings is 1. The molecule has 2 aromatic heterocycles. The Labute approximate surface area is 174 Å². The third-order valence-electron chi connectivity index (χ3n) is 6.66. The van der Waals surface area contributed by atoms with Gasteiger partial charge < -0.3 is 9.42 Å². The van der Waals surface area contributed by atoms with Gasteiger partial charge in [-0.25, -0.2) is 4.68 Å². The largest absolute Gasteiger partial charge is 0.340 e. The first kappa shape index (κ1) is 17.8. The lowest BCUT2D eigenvalue weighted by Crippen LogP contribution is -2.45. The van der Waals surface area contributed by atoms with E-state index in [0.717, 1.165) is 56.5 Å². The molecule has 1 saturated heterocycles. The number of amides is 1. The van der Waals surface area contributed by atoms with Gasteiger partial charge in [0.1, 0.15) is 0 Å². The summed E-state index contributed by atoms with van der Waals surface area (Å²) >= 11 is 0. The Hall–Kier alpha value is -3.03. The van der Waals surface area contributed by atoms with E-state index in [1.165, 1.54) is 0 Å². The van der Waals surface area contributed by atoms with Crippen molar-refractivity contribution in [2.45, 2.75) is 55.9 Å². The van der Waals surface area contributed by atoms with Crippen LogP contribution in [0.15, 0.2) is 41.1 Å². The lowest BCUT2D eigenvalue weighted by Gasteiger charge is -2.35. The molecule has 2 aliphatic carbocycles. The van der Waals surface area contributed by atoms with Crippen molar-refractivity contribution in [3.8, 4) is 11.6 Å². The smallest absolute Gasteiger partial charge is 0.280 e. The highest BCUT2D eigenvalue weighted by molar-refractivity contribution is 5.91. The Morgan fingerprint density at radius 1 is 1.13 bits per heavy atom. The highest BCUT2D eigenvalue weighted by atomic mass is 16.5. The summed E-state index contributed by atoms with van der Waals surface area (Å²) in [4.78, 5) is 19.9. The SMILES string of the molecule is O=C(N1CCCC(n2cc(-c3nc(C4CC4)no3)nn2)C1)C1(c2ccccc2)CC1. The number of carbonyl (C=O) groups is 1. The highest BCUT2D eigenvalue weighted by Gasteiger charge is 2.53. The van der Waals surface area contributed by atoms with Crippen LogP contribution in [0, 0.1) is 0 Å². The molecule has 8 nitrogen and oxygen atoms in total. The minimum atomic E-state index is -0.320. The molecule has 1 amide bonds. The normalized spacial score (nSPS) is 22.8. The van der Waals surface area contributed by atoms with Gasteiger partial charge in [-0.05, 0) is 44.1 Å². The molecule has 1 unspecified atom stereocenters. The summed E-state index contributed by atoms with van der Waals surface area (Å²) in [5.74, 6) is 1.89. The van der Waals surface area contributed by atoms with Gasteiger partial charge >= 0.3 is 0 Å². The molecule has 1 atom stereocenters. The van der Waals surface area contributed by atoms with Crippen molar-refractivity contribution in [1.82, 2.24) is 30.0 Å². The second-order valence-electron chi connectivity index (χ2n) is 8.81. The van der Waals surface area contributed by atoms with Crippen LogP contribution in [-0.2, 0) is 10.2 Å². The van der Waals surface area contributed by atoms with Crippen LogP contribution in [0.25, 0.3) is 11.6 Å². The number of carbonyl (C=O) groups excluding carboxylic acids is 1. The summed E-state index contributed by atoms with van der Waals surface area (Å²) in [5, 5.41) is 12.6. The number of rotatable bonds is 5. The van der Waals surface area contributed by atoms with E-state index in [1.54, 1.807) is 0 Å². The molecular formula is C22H24N6O2. The quantitative estimate of drug-likeness (QED) is 0.649. The maximum Gasteiger partial charge on any atom is 0.280 e. The molecule has 8 heteroatoms. The van der Waals surface area contributed by atoms with Crippen LogP contribution in [0.5, 0.6) is 0 Å². The minimum absolute atomic E-state index is 0.112. The summed E-state index contributed by atoms with van der Waals surface area (Å²) in [7, 11) is 0. The summed E-state index contributed by atoms with van der Waals surface area (Å²) in [6, 6.07) is 10.3. The fourth-order valence-corrected chi connectivity index (χ4v) is 4.57. The van der Waals surface area contributed by atoms with Crippen molar-refractivity contribution in [3.05, 3.63) is 47.9 Å². The Morgan fingerprint density at radius 2 is 1.97 bits per heavy atom. The zero-order chi connectivity index (χ0) is 20.1. The van der Waals surface area contributed by atoms with Gasteiger partial charge in [-0.1, -0.05) is 40.7 Å². The van der Waals surface area contributed by atoms with Crippen LogP contribution in [0.3, 0.4) is 0 Å². The molecule has 3 fully saturated rings. The van der Waals surface area contributed by atoms with Crippen LogP contribution in [0.2, 0.25) is 0 Å². The molecule has 6 rings (SSSR count). The number of likely N-dealkylation sites (tertiary alicyclic amines) is 1. The number of hydrogen-bond donors (Lipinski definition) is 0. The summed E-state index contributed by atoms with van der Waals surface area (Å²) in [6.07, 6.45) is 7.93. The van der Waals surface area contributed by atoms with E-state index in [0.29, 0.717) is 24.0 Å². The van der Waals surface area contributed by atoms with E-state index in [2.05, 4.69) is 32.6 Å². The van der Waals surface area contributed by atoms with Crippen molar-refractivity contribution in [2.24, 2.45) is 0 Å². The van der Waals surface area contributed by atoms with Crippen LogP contribution >= 0.6 is 0 Å². The molecule has 0 spiro atoms. The summed E-state index contributed by atoms with van der Waals surface area (Å²) < 4.78 is 7.23. The minimum Gasteiger partial charge on any atom is -0.340 e. The fraction of sp³-hybridized carbons (Fsp3) is 0.500. The van der Waals surface area contributed by atoms with Crippen molar-refractivity contribution < 1.29 is 9.32 Å². The second-order valence-corrected chi connectivity index (χ2v) is 8.81. The fourth-order valence-electron chi connectivity index (χ4n) is 4.57. The summed E-state index contributed by atoms with van der Waals surface area (Å²) in [6.45, 7) is 1.47. The van der Waals surface area contributed by atoms with Gasteiger partial charge in [0.25, 0.3) is 5.89 Å². The monoisotopic (exact) mass is 404 g/mol. The third kappa shape index (κ3) is 3.02. The van der Waals surface area contributed by atoms with Gasteiger partial charge in [-0.3, -0.25) is 4.79 Å². The molecule has 1 aliphatic heterocycles. The van der Waals surface area contributed by atoms with Crippen molar-refractivity contribution in [3.63, 3.8) is 0 Å². The number of piperidine rings is 1. The average molecular weight is 404 g/mol.